The van der Waals surface area contributed by atoms with Gasteiger partial charge in [-0.05, 0) is 54.2 Å². The molecule has 0 spiro atoms. The van der Waals surface area contributed by atoms with E-state index in [1.165, 1.54) is 0 Å². The van der Waals surface area contributed by atoms with Gasteiger partial charge in [0.15, 0.2) is 0 Å². The maximum absolute atomic E-state index is 12.2. The predicted octanol–water partition coefficient (Wildman–Crippen LogP) is 1.51. The lowest BCUT2D eigenvalue weighted by Crippen LogP contribution is -2.28. The van der Waals surface area contributed by atoms with Crippen molar-refractivity contribution in [1.29, 1.82) is 0 Å². The molecule has 0 radical (unpaired) electrons. The van der Waals surface area contributed by atoms with Crippen molar-refractivity contribution in [3.63, 3.8) is 0 Å². The lowest BCUT2D eigenvalue weighted by atomic mass is 9.81. The average molecular weight is 286 g/mol. The number of tetrazole rings is 1. The Bertz CT molecular complexity index is 562. The van der Waals surface area contributed by atoms with Crippen molar-refractivity contribution in [3.8, 4) is 0 Å². The fourth-order valence-corrected chi connectivity index (χ4v) is 2.80. The van der Waals surface area contributed by atoms with Crippen LogP contribution in [-0.2, 0) is 11.3 Å². The second-order valence-electron chi connectivity index (χ2n) is 5.45. The van der Waals surface area contributed by atoms with Gasteiger partial charge in [-0.2, -0.15) is 0 Å². The van der Waals surface area contributed by atoms with Crippen LogP contribution in [0, 0.1) is 11.8 Å². The zero-order valence-corrected chi connectivity index (χ0v) is 11.7. The molecule has 7 nitrogen and oxygen atoms in total. The molecule has 110 valence electrons. The van der Waals surface area contributed by atoms with E-state index >= 15 is 0 Å². The summed E-state index contributed by atoms with van der Waals surface area (Å²) in [5, 5.41) is 14.1. The first-order valence-corrected chi connectivity index (χ1v) is 7.24. The first-order chi connectivity index (χ1) is 10.3. The van der Waals surface area contributed by atoms with Crippen molar-refractivity contribution >= 4 is 11.7 Å². The van der Waals surface area contributed by atoms with Crippen LogP contribution in [0.5, 0.6) is 0 Å². The van der Waals surface area contributed by atoms with E-state index in [9.17, 15) is 4.79 Å². The van der Waals surface area contributed by atoms with Gasteiger partial charge in [0.25, 0.3) is 0 Å². The first-order valence-electron chi connectivity index (χ1n) is 7.24. The molecule has 0 atom stereocenters. The van der Waals surface area contributed by atoms with Crippen LogP contribution in [0.25, 0.3) is 0 Å². The Morgan fingerprint density at radius 2 is 2.14 bits per heavy atom. The van der Waals surface area contributed by atoms with Crippen LogP contribution in [0.4, 0.5) is 5.82 Å². The number of pyridine rings is 1. The molecule has 0 unspecified atom stereocenters. The van der Waals surface area contributed by atoms with Gasteiger partial charge in [-0.3, -0.25) is 4.79 Å². The Labute approximate surface area is 122 Å². The van der Waals surface area contributed by atoms with Gasteiger partial charge in [-0.1, -0.05) is 6.07 Å². The summed E-state index contributed by atoms with van der Waals surface area (Å²) in [6.07, 6.45) is 7.19. The van der Waals surface area contributed by atoms with Crippen molar-refractivity contribution in [2.75, 3.05) is 5.32 Å². The van der Waals surface area contributed by atoms with Crippen molar-refractivity contribution in [2.24, 2.45) is 11.8 Å². The number of hydrogen-bond donors (Lipinski definition) is 1. The molecule has 1 aliphatic carbocycles. The maximum atomic E-state index is 12.2. The van der Waals surface area contributed by atoms with Crippen LogP contribution in [0.15, 0.2) is 30.7 Å². The predicted molar refractivity (Wildman–Crippen MR) is 76.1 cm³/mol. The Morgan fingerprint density at radius 3 is 2.81 bits per heavy atom. The summed E-state index contributed by atoms with van der Waals surface area (Å²) in [5.41, 5.74) is 0. The minimum atomic E-state index is 0.0783. The van der Waals surface area contributed by atoms with E-state index in [0.29, 0.717) is 11.7 Å². The second-order valence-corrected chi connectivity index (χ2v) is 5.45. The molecule has 1 saturated carbocycles. The summed E-state index contributed by atoms with van der Waals surface area (Å²) >= 11 is 0. The van der Waals surface area contributed by atoms with E-state index in [1.807, 2.05) is 12.1 Å². The largest absolute Gasteiger partial charge is 0.310 e. The molecule has 21 heavy (non-hydrogen) atoms. The van der Waals surface area contributed by atoms with E-state index in [0.717, 1.165) is 32.2 Å². The number of hydrogen-bond acceptors (Lipinski definition) is 5. The third kappa shape index (κ3) is 3.62. The van der Waals surface area contributed by atoms with E-state index in [1.54, 1.807) is 23.3 Å². The zero-order valence-electron chi connectivity index (χ0n) is 11.7. The number of anilines is 1. The molecule has 7 heteroatoms. The number of nitrogens with one attached hydrogen (secondary N) is 1. The van der Waals surface area contributed by atoms with E-state index in [4.69, 9.17) is 0 Å². The number of aromatic nitrogens is 5. The fourth-order valence-electron chi connectivity index (χ4n) is 2.80. The Balaban J connectivity index is 1.48. The molecular formula is C14H18N6O. The molecule has 0 bridgehead atoms. The molecule has 2 aromatic rings. The third-order valence-electron chi connectivity index (χ3n) is 3.97. The van der Waals surface area contributed by atoms with Crippen molar-refractivity contribution < 1.29 is 4.79 Å². The lowest BCUT2D eigenvalue weighted by molar-refractivity contribution is -0.121. The average Bonchev–Trinajstić information content (AvgIpc) is 3.02. The number of amides is 1. The lowest BCUT2D eigenvalue weighted by Gasteiger charge is -2.27. The molecule has 3 rings (SSSR count). The monoisotopic (exact) mass is 286 g/mol. The van der Waals surface area contributed by atoms with Gasteiger partial charge in [0.1, 0.15) is 12.1 Å². The SMILES string of the molecule is O=C(Nc1ccccn1)C1CCC(Cn2cnnn2)CC1. The van der Waals surface area contributed by atoms with Crippen molar-refractivity contribution in [3.05, 3.63) is 30.7 Å². The highest BCUT2D eigenvalue weighted by Gasteiger charge is 2.26. The van der Waals surface area contributed by atoms with Crippen LogP contribution in [0.3, 0.4) is 0 Å². The highest BCUT2D eigenvalue weighted by molar-refractivity contribution is 5.91. The molecule has 1 N–H and O–H groups in total. The second kappa shape index (κ2) is 6.43. The van der Waals surface area contributed by atoms with E-state index in [2.05, 4.69) is 25.8 Å². The van der Waals surface area contributed by atoms with Gasteiger partial charge >= 0.3 is 0 Å². The zero-order chi connectivity index (χ0) is 14.5. The standard InChI is InChI=1S/C14H18N6O/c21-14(17-13-3-1-2-8-15-13)12-6-4-11(5-7-12)9-20-10-16-18-19-20/h1-3,8,10-12H,4-7,9H2,(H,15,17,21). The maximum Gasteiger partial charge on any atom is 0.228 e. The Kier molecular flexibility index (Phi) is 4.18. The van der Waals surface area contributed by atoms with Gasteiger partial charge in [-0.25, -0.2) is 9.67 Å². The molecule has 1 fully saturated rings. The minimum absolute atomic E-state index is 0.0783. The fraction of sp³-hybridized carbons (Fsp3) is 0.500. The van der Waals surface area contributed by atoms with Crippen LogP contribution < -0.4 is 5.32 Å². The van der Waals surface area contributed by atoms with E-state index in [-0.39, 0.29) is 11.8 Å². The van der Waals surface area contributed by atoms with Crippen molar-refractivity contribution in [2.45, 2.75) is 32.2 Å². The Morgan fingerprint density at radius 1 is 1.29 bits per heavy atom. The van der Waals surface area contributed by atoms with Crippen molar-refractivity contribution in [1.82, 2.24) is 25.2 Å². The third-order valence-corrected chi connectivity index (χ3v) is 3.97. The molecular weight excluding hydrogens is 268 g/mol. The van der Waals surface area contributed by atoms with Gasteiger partial charge in [-0.15, -0.1) is 5.10 Å². The molecule has 2 aromatic heterocycles. The summed E-state index contributed by atoms with van der Waals surface area (Å²) in [6, 6.07) is 5.51. The van der Waals surface area contributed by atoms with Gasteiger partial charge in [0.2, 0.25) is 5.91 Å². The highest BCUT2D eigenvalue weighted by Crippen LogP contribution is 2.30. The molecule has 0 aliphatic heterocycles. The highest BCUT2D eigenvalue weighted by atomic mass is 16.1. The minimum Gasteiger partial charge on any atom is -0.310 e. The molecule has 0 aromatic carbocycles. The van der Waals surface area contributed by atoms with Crippen LogP contribution in [0.1, 0.15) is 25.7 Å². The summed E-state index contributed by atoms with van der Waals surface area (Å²) in [4.78, 5) is 16.3. The first kappa shape index (κ1) is 13.7. The molecule has 0 saturated heterocycles. The topological polar surface area (TPSA) is 85.6 Å². The number of carbonyl (C=O) groups is 1. The summed E-state index contributed by atoms with van der Waals surface area (Å²) in [6.45, 7) is 0.835. The normalized spacial score (nSPS) is 21.9. The van der Waals surface area contributed by atoms with Crippen LogP contribution in [-0.4, -0.2) is 31.1 Å². The van der Waals surface area contributed by atoms with Gasteiger partial charge in [0.05, 0.1) is 0 Å². The number of rotatable bonds is 4. The molecule has 2 heterocycles. The summed E-state index contributed by atoms with van der Waals surface area (Å²) in [7, 11) is 0. The number of carbonyl (C=O) groups excluding carboxylic acids is 1. The van der Waals surface area contributed by atoms with Crippen LogP contribution >= 0.6 is 0 Å². The summed E-state index contributed by atoms with van der Waals surface area (Å²) in [5.74, 6) is 1.33. The smallest absolute Gasteiger partial charge is 0.228 e. The quantitative estimate of drug-likeness (QED) is 0.920. The molecule has 1 amide bonds. The number of nitrogens with zero attached hydrogens (tertiary/aromatic N) is 5. The Hall–Kier alpha value is -2.31. The van der Waals surface area contributed by atoms with E-state index < -0.39 is 0 Å². The van der Waals surface area contributed by atoms with Gasteiger partial charge in [0, 0.05) is 18.7 Å². The van der Waals surface area contributed by atoms with Gasteiger partial charge < -0.3 is 5.32 Å². The summed E-state index contributed by atoms with van der Waals surface area (Å²) < 4.78 is 1.76. The molecule has 1 aliphatic rings. The van der Waals surface area contributed by atoms with Crippen LogP contribution in [0.2, 0.25) is 0 Å².